The highest BCUT2D eigenvalue weighted by Crippen LogP contribution is 2.02. The van der Waals surface area contributed by atoms with Crippen molar-refractivity contribution in [3.63, 3.8) is 0 Å². The van der Waals surface area contributed by atoms with Gasteiger partial charge in [-0.25, -0.2) is 4.79 Å². The molecule has 1 N–H and O–H groups in total. The molecular formula is C4H3ClN2O3. The Morgan fingerprint density at radius 2 is 2.20 bits per heavy atom. The molecular weight excluding hydrogens is 160 g/mol. The van der Waals surface area contributed by atoms with Crippen LogP contribution in [-0.2, 0) is 4.79 Å². The topological polar surface area (TPSA) is 66.5 Å². The van der Waals surface area contributed by atoms with Crippen LogP contribution >= 0.6 is 11.6 Å². The first kappa shape index (κ1) is 7.01. The monoisotopic (exact) mass is 162 g/mol. The number of amides is 4. The number of nitrogens with one attached hydrogen (secondary N) is 1. The Kier molecular flexibility index (Phi) is 1.58. The van der Waals surface area contributed by atoms with E-state index in [9.17, 15) is 14.4 Å². The number of hydrogen-bond donors (Lipinski definition) is 1. The second-order valence-electron chi connectivity index (χ2n) is 1.64. The van der Waals surface area contributed by atoms with E-state index in [0.717, 1.165) is 0 Å². The summed E-state index contributed by atoms with van der Waals surface area (Å²) in [5.74, 6) is -0.620. The van der Waals surface area contributed by atoms with Crippen molar-refractivity contribution in [2.24, 2.45) is 0 Å². The van der Waals surface area contributed by atoms with E-state index in [-0.39, 0.29) is 6.54 Å². The summed E-state index contributed by atoms with van der Waals surface area (Å²) in [5.41, 5.74) is 0. The number of carbonyl (C=O) groups excluding carboxylic acids is 3. The summed E-state index contributed by atoms with van der Waals surface area (Å²) >= 11 is 4.88. The number of urea groups is 1. The van der Waals surface area contributed by atoms with E-state index in [1.54, 1.807) is 0 Å². The van der Waals surface area contributed by atoms with Gasteiger partial charge in [-0.3, -0.25) is 9.59 Å². The van der Waals surface area contributed by atoms with E-state index in [1.165, 1.54) is 0 Å². The number of halogens is 1. The van der Waals surface area contributed by atoms with E-state index in [4.69, 9.17) is 11.6 Å². The van der Waals surface area contributed by atoms with Gasteiger partial charge in [0.25, 0.3) is 5.91 Å². The number of hydrogen-bond acceptors (Lipinski definition) is 3. The summed E-state index contributed by atoms with van der Waals surface area (Å²) in [4.78, 5) is 31.7. The van der Waals surface area contributed by atoms with Crippen LogP contribution in [0.4, 0.5) is 9.59 Å². The molecule has 0 aromatic rings. The predicted molar refractivity (Wildman–Crippen MR) is 31.5 cm³/mol. The average molecular weight is 163 g/mol. The molecule has 0 aliphatic carbocycles. The zero-order valence-corrected chi connectivity index (χ0v) is 5.51. The lowest BCUT2D eigenvalue weighted by Gasteiger charge is -2.02. The van der Waals surface area contributed by atoms with Crippen LogP contribution in [0.5, 0.6) is 0 Å². The summed E-state index contributed by atoms with van der Waals surface area (Å²) in [7, 11) is 0. The number of rotatable bonds is 0. The molecule has 0 aromatic heterocycles. The maximum absolute atomic E-state index is 10.6. The molecule has 0 bridgehead atoms. The molecule has 1 aliphatic rings. The maximum atomic E-state index is 10.6. The third kappa shape index (κ3) is 0.950. The predicted octanol–water partition coefficient (Wildman–Crippen LogP) is -0.103. The van der Waals surface area contributed by atoms with E-state index >= 15 is 0 Å². The van der Waals surface area contributed by atoms with Crippen LogP contribution < -0.4 is 5.32 Å². The SMILES string of the molecule is O=C(Cl)N1C(=O)CNC1=O. The quantitative estimate of drug-likeness (QED) is 0.307. The van der Waals surface area contributed by atoms with Crippen molar-refractivity contribution in [3.8, 4) is 0 Å². The van der Waals surface area contributed by atoms with Gasteiger partial charge in [-0.1, -0.05) is 0 Å². The fraction of sp³-hybridized carbons (Fsp3) is 0.250. The summed E-state index contributed by atoms with van der Waals surface area (Å²) < 4.78 is 0. The van der Waals surface area contributed by atoms with Crippen LogP contribution in [0, 0.1) is 0 Å². The van der Waals surface area contributed by atoms with E-state index < -0.39 is 17.3 Å². The molecule has 0 radical (unpaired) electrons. The zero-order valence-electron chi connectivity index (χ0n) is 4.76. The summed E-state index contributed by atoms with van der Waals surface area (Å²) in [6.07, 6.45) is 0. The normalized spacial score (nSPS) is 17.5. The van der Waals surface area contributed by atoms with Gasteiger partial charge in [0.1, 0.15) is 0 Å². The molecule has 5 nitrogen and oxygen atoms in total. The summed E-state index contributed by atoms with van der Waals surface area (Å²) in [5, 5.41) is 1.06. The number of nitrogens with zero attached hydrogens (tertiary/aromatic N) is 1. The van der Waals surface area contributed by atoms with Crippen LogP contribution in [0.2, 0.25) is 0 Å². The van der Waals surface area contributed by atoms with Gasteiger partial charge in [0.05, 0.1) is 6.54 Å². The van der Waals surface area contributed by atoms with Gasteiger partial charge in [-0.15, -0.1) is 0 Å². The second kappa shape index (κ2) is 2.26. The average Bonchev–Trinajstić information content (AvgIpc) is 2.11. The summed E-state index contributed by atoms with van der Waals surface area (Å²) in [6, 6.07) is -0.759. The first-order chi connectivity index (χ1) is 4.63. The molecule has 54 valence electrons. The Labute approximate surface area is 60.9 Å². The minimum absolute atomic E-state index is 0.155. The van der Waals surface area contributed by atoms with Crippen molar-refractivity contribution in [2.45, 2.75) is 0 Å². The molecule has 0 saturated carbocycles. The van der Waals surface area contributed by atoms with Crippen LogP contribution in [0.1, 0.15) is 0 Å². The lowest BCUT2D eigenvalue weighted by Crippen LogP contribution is -2.32. The molecule has 1 aliphatic heterocycles. The van der Waals surface area contributed by atoms with E-state index in [0.29, 0.717) is 4.90 Å². The van der Waals surface area contributed by atoms with Gasteiger partial charge >= 0.3 is 11.4 Å². The molecule has 1 fully saturated rings. The highest BCUT2D eigenvalue weighted by Gasteiger charge is 2.32. The third-order valence-corrected chi connectivity index (χ3v) is 1.19. The molecule has 1 rings (SSSR count). The van der Waals surface area contributed by atoms with Gasteiger partial charge < -0.3 is 5.32 Å². The Morgan fingerprint density at radius 1 is 1.60 bits per heavy atom. The number of carbonyl (C=O) groups is 3. The Hall–Kier alpha value is -1.10. The van der Waals surface area contributed by atoms with Crippen molar-refractivity contribution >= 4 is 28.9 Å². The maximum Gasteiger partial charge on any atom is 0.332 e. The van der Waals surface area contributed by atoms with Crippen LogP contribution in [0.25, 0.3) is 0 Å². The second-order valence-corrected chi connectivity index (χ2v) is 1.96. The smallest absolute Gasteiger partial charge is 0.328 e. The van der Waals surface area contributed by atoms with Gasteiger partial charge in [-0.2, -0.15) is 4.90 Å². The lowest BCUT2D eigenvalue weighted by molar-refractivity contribution is -0.122. The fourth-order valence-corrected chi connectivity index (χ4v) is 0.772. The van der Waals surface area contributed by atoms with Gasteiger partial charge in [-0.05, 0) is 11.6 Å². The summed E-state index contributed by atoms with van der Waals surface area (Å²) in [6.45, 7) is -0.155. The number of imide groups is 3. The Balaban J connectivity index is 2.82. The minimum atomic E-state index is -1.07. The first-order valence-electron chi connectivity index (χ1n) is 2.43. The molecule has 1 heterocycles. The largest absolute Gasteiger partial charge is 0.332 e. The first-order valence-corrected chi connectivity index (χ1v) is 2.81. The highest BCUT2D eigenvalue weighted by atomic mass is 35.5. The Morgan fingerprint density at radius 3 is 2.40 bits per heavy atom. The zero-order chi connectivity index (χ0) is 7.72. The lowest BCUT2D eigenvalue weighted by atomic mass is 10.6. The molecule has 1 saturated heterocycles. The molecule has 0 spiro atoms. The van der Waals surface area contributed by atoms with Gasteiger partial charge in [0.15, 0.2) is 0 Å². The standard InChI is InChI=1S/C4H3ClN2O3/c5-3(9)7-2(8)1-6-4(7)10/h1H2,(H,6,10). The van der Waals surface area contributed by atoms with E-state index in [1.807, 2.05) is 0 Å². The van der Waals surface area contributed by atoms with Gasteiger partial charge in [0.2, 0.25) is 0 Å². The van der Waals surface area contributed by atoms with Crippen LogP contribution in [-0.4, -0.2) is 28.7 Å². The third-order valence-electron chi connectivity index (χ3n) is 1.02. The van der Waals surface area contributed by atoms with E-state index in [2.05, 4.69) is 5.32 Å². The molecule has 10 heavy (non-hydrogen) atoms. The highest BCUT2D eigenvalue weighted by molar-refractivity contribution is 6.65. The van der Waals surface area contributed by atoms with Crippen molar-refractivity contribution < 1.29 is 14.4 Å². The molecule has 0 aromatic carbocycles. The van der Waals surface area contributed by atoms with Crippen LogP contribution in [0.3, 0.4) is 0 Å². The van der Waals surface area contributed by atoms with Crippen molar-refractivity contribution in [2.75, 3.05) is 6.54 Å². The molecule has 0 unspecified atom stereocenters. The molecule has 0 atom stereocenters. The van der Waals surface area contributed by atoms with Crippen molar-refractivity contribution in [3.05, 3.63) is 0 Å². The minimum Gasteiger partial charge on any atom is -0.328 e. The van der Waals surface area contributed by atoms with Crippen molar-refractivity contribution in [1.29, 1.82) is 0 Å². The molecule has 6 heteroatoms. The van der Waals surface area contributed by atoms with Crippen LogP contribution in [0.15, 0.2) is 0 Å². The van der Waals surface area contributed by atoms with Gasteiger partial charge in [0, 0.05) is 0 Å². The molecule has 4 amide bonds. The fourth-order valence-electron chi connectivity index (χ4n) is 0.600. The van der Waals surface area contributed by atoms with Crippen molar-refractivity contribution in [1.82, 2.24) is 10.2 Å². The Bertz CT molecular complexity index is 199.